The van der Waals surface area contributed by atoms with Crippen molar-refractivity contribution in [1.82, 2.24) is 15.5 Å². The summed E-state index contributed by atoms with van der Waals surface area (Å²) >= 11 is 0. The van der Waals surface area contributed by atoms with Crippen LogP contribution in [0.15, 0.2) is 36.5 Å². The first-order valence-corrected chi connectivity index (χ1v) is 6.47. The van der Waals surface area contributed by atoms with Crippen molar-refractivity contribution in [2.75, 3.05) is 11.9 Å². The van der Waals surface area contributed by atoms with Gasteiger partial charge >= 0.3 is 0 Å². The number of H-pyrrole nitrogens is 1. The molecule has 20 heavy (non-hydrogen) atoms. The lowest BCUT2D eigenvalue weighted by Crippen LogP contribution is -2.35. The number of carbonyl (C=O) groups is 1. The fourth-order valence-electron chi connectivity index (χ4n) is 2.32. The zero-order valence-electron chi connectivity index (χ0n) is 10.9. The Labute approximate surface area is 123 Å². The number of carbonyl (C=O) groups excluding carboxylic acids is 1. The van der Waals surface area contributed by atoms with E-state index < -0.39 is 0 Å². The van der Waals surface area contributed by atoms with E-state index in [2.05, 4.69) is 20.8 Å². The minimum atomic E-state index is -0.0594. The van der Waals surface area contributed by atoms with Crippen molar-refractivity contribution in [3.63, 3.8) is 0 Å². The Morgan fingerprint density at radius 3 is 2.95 bits per heavy atom. The van der Waals surface area contributed by atoms with E-state index in [1.165, 1.54) is 0 Å². The van der Waals surface area contributed by atoms with Crippen molar-refractivity contribution in [1.29, 1.82) is 0 Å². The molecule has 1 aromatic heterocycles. The molecule has 3 N–H and O–H groups in total. The van der Waals surface area contributed by atoms with E-state index in [0.717, 1.165) is 36.3 Å². The first-order valence-electron chi connectivity index (χ1n) is 6.47. The van der Waals surface area contributed by atoms with Crippen LogP contribution in [0, 0.1) is 0 Å². The summed E-state index contributed by atoms with van der Waals surface area (Å²) in [5.74, 6) is 0.0410. The van der Waals surface area contributed by atoms with Gasteiger partial charge in [0.05, 0.1) is 11.7 Å². The maximum Gasteiger partial charge on any atom is 0.241 e. The molecule has 3 rings (SSSR count). The summed E-state index contributed by atoms with van der Waals surface area (Å²) in [6.45, 7) is 0.923. The van der Waals surface area contributed by atoms with E-state index >= 15 is 0 Å². The van der Waals surface area contributed by atoms with Crippen LogP contribution < -0.4 is 10.6 Å². The van der Waals surface area contributed by atoms with Crippen molar-refractivity contribution in [2.45, 2.75) is 18.9 Å². The first-order chi connectivity index (χ1) is 9.33. The summed E-state index contributed by atoms with van der Waals surface area (Å²) in [6.07, 6.45) is 3.68. The van der Waals surface area contributed by atoms with E-state index in [-0.39, 0.29) is 24.4 Å². The first kappa shape index (κ1) is 14.6. The summed E-state index contributed by atoms with van der Waals surface area (Å²) < 4.78 is 0. The van der Waals surface area contributed by atoms with Gasteiger partial charge in [0.25, 0.3) is 0 Å². The van der Waals surface area contributed by atoms with Gasteiger partial charge in [-0.15, -0.1) is 12.4 Å². The highest BCUT2D eigenvalue weighted by atomic mass is 35.5. The van der Waals surface area contributed by atoms with Gasteiger partial charge in [-0.3, -0.25) is 9.89 Å². The van der Waals surface area contributed by atoms with Crippen LogP contribution in [-0.4, -0.2) is 28.7 Å². The van der Waals surface area contributed by atoms with Gasteiger partial charge in [0.1, 0.15) is 0 Å². The zero-order valence-corrected chi connectivity index (χ0v) is 11.7. The highest BCUT2D eigenvalue weighted by Crippen LogP contribution is 2.20. The summed E-state index contributed by atoms with van der Waals surface area (Å²) in [4.78, 5) is 12.0. The van der Waals surface area contributed by atoms with Crippen LogP contribution in [0.4, 0.5) is 5.69 Å². The Hall–Kier alpha value is -1.85. The molecule has 1 atom stereocenters. The average molecular weight is 293 g/mol. The number of anilines is 1. The maximum atomic E-state index is 12.0. The van der Waals surface area contributed by atoms with Crippen molar-refractivity contribution in [2.24, 2.45) is 0 Å². The number of benzene rings is 1. The Kier molecular flexibility index (Phi) is 4.76. The number of hydrogen-bond acceptors (Lipinski definition) is 3. The Morgan fingerprint density at radius 1 is 1.35 bits per heavy atom. The lowest BCUT2D eigenvalue weighted by Gasteiger charge is -2.11. The number of nitrogens with zero attached hydrogens (tertiary/aromatic N) is 1. The molecule has 0 bridgehead atoms. The molecule has 1 aliphatic heterocycles. The molecule has 0 saturated carbocycles. The van der Waals surface area contributed by atoms with E-state index in [1.807, 2.05) is 30.3 Å². The Morgan fingerprint density at radius 2 is 2.25 bits per heavy atom. The van der Waals surface area contributed by atoms with Gasteiger partial charge in [-0.2, -0.15) is 5.10 Å². The number of hydrogen-bond donors (Lipinski definition) is 3. The second-order valence-corrected chi connectivity index (χ2v) is 4.69. The highest BCUT2D eigenvalue weighted by molar-refractivity contribution is 5.95. The molecule has 0 spiro atoms. The predicted octanol–water partition coefficient (Wildman–Crippen LogP) is 2.19. The third kappa shape index (κ3) is 3.18. The molecule has 1 aliphatic rings. The number of halogens is 1. The third-order valence-electron chi connectivity index (χ3n) is 3.32. The fourth-order valence-corrected chi connectivity index (χ4v) is 2.32. The SMILES string of the molecule is Cl.O=C(Nc1cccc(-c2ccn[nH]2)c1)[C@@H]1CCCN1. The van der Waals surface area contributed by atoms with Gasteiger partial charge in [0.2, 0.25) is 5.91 Å². The van der Waals surface area contributed by atoms with E-state index in [0.29, 0.717) is 0 Å². The van der Waals surface area contributed by atoms with Gasteiger partial charge in [0.15, 0.2) is 0 Å². The molecule has 1 aromatic carbocycles. The smallest absolute Gasteiger partial charge is 0.241 e. The van der Waals surface area contributed by atoms with Crippen LogP contribution in [-0.2, 0) is 4.79 Å². The summed E-state index contributed by atoms with van der Waals surface area (Å²) in [5.41, 5.74) is 2.76. The molecule has 1 saturated heterocycles. The van der Waals surface area contributed by atoms with Crippen LogP contribution in [0.5, 0.6) is 0 Å². The van der Waals surface area contributed by atoms with Gasteiger partial charge in [-0.1, -0.05) is 12.1 Å². The predicted molar refractivity (Wildman–Crippen MR) is 80.9 cm³/mol. The normalized spacial score (nSPS) is 17.5. The Bertz CT molecular complexity index is 564. The topological polar surface area (TPSA) is 69.8 Å². The summed E-state index contributed by atoms with van der Waals surface area (Å²) in [7, 11) is 0. The van der Waals surface area contributed by atoms with Crippen molar-refractivity contribution in [3.8, 4) is 11.3 Å². The second-order valence-electron chi connectivity index (χ2n) is 4.69. The zero-order chi connectivity index (χ0) is 13.1. The van der Waals surface area contributed by atoms with Crippen LogP contribution in [0.1, 0.15) is 12.8 Å². The average Bonchev–Trinajstić information content (AvgIpc) is 3.13. The number of aromatic amines is 1. The molecular formula is C14H17ClN4O. The lowest BCUT2D eigenvalue weighted by atomic mass is 10.1. The summed E-state index contributed by atoms with van der Waals surface area (Å²) in [5, 5.41) is 13.0. The molecule has 2 heterocycles. The van der Waals surface area contributed by atoms with Gasteiger partial charge in [-0.05, 0) is 37.6 Å². The van der Waals surface area contributed by atoms with Gasteiger partial charge < -0.3 is 10.6 Å². The fraction of sp³-hybridized carbons (Fsp3) is 0.286. The second kappa shape index (κ2) is 6.54. The van der Waals surface area contributed by atoms with Gasteiger partial charge in [0, 0.05) is 17.4 Å². The van der Waals surface area contributed by atoms with Crippen LogP contribution in [0.3, 0.4) is 0 Å². The monoisotopic (exact) mass is 292 g/mol. The van der Waals surface area contributed by atoms with Gasteiger partial charge in [-0.25, -0.2) is 0 Å². The van der Waals surface area contributed by atoms with Crippen LogP contribution in [0.2, 0.25) is 0 Å². The van der Waals surface area contributed by atoms with Crippen molar-refractivity contribution in [3.05, 3.63) is 36.5 Å². The van der Waals surface area contributed by atoms with E-state index in [4.69, 9.17) is 0 Å². The van der Waals surface area contributed by atoms with E-state index in [1.54, 1.807) is 6.20 Å². The third-order valence-corrected chi connectivity index (χ3v) is 3.32. The molecular weight excluding hydrogens is 276 g/mol. The molecule has 0 radical (unpaired) electrons. The molecule has 2 aromatic rings. The Balaban J connectivity index is 0.00000147. The highest BCUT2D eigenvalue weighted by Gasteiger charge is 2.21. The standard InChI is InChI=1S/C14H16N4O.ClH/c19-14(13-5-2-7-15-13)17-11-4-1-3-10(9-11)12-6-8-16-18-12;/h1,3-4,6,8-9,13,15H,2,5,7H2,(H,16,18)(H,17,19);1H/t13-;/m0./s1. The minimum Gasteiger partial charge on any atom is -0.325 e. The van der Waals surface area contributed by atoms with Crippen LogP contribution in [0.25, 0.3) is 11.3 Å². The maximum absolute atomic E-state index is 12.0. The number of rotatable bonds is 3. The van der Waals surface area contributed by atoms with Crippen molar-refractivity contribution < 1.29 is 4.79 Å². The largest absolute Gasteiger partial charge is 0.325 e. The molecule has 0 unspecified atom stereocenters. The van der Waals surface area contributed by atoms with E-state index in [9.17, 15) is 4.79 Å². The molecule has 0 aliphatic carbocycles. The quantitative estimate of drug-likeness (QED) is 0.812. The molecule has 5 nitrogen and oxygen atoms in total. The van der Waals surface area contributed by atoms with Crippen LogP contribution >= 0.6 is 12.4 Å². The van der Waals surface area contributed by atoms with Crippen molar-refractivity contribution >= 4 is 24.0 Å². The minimum absolute atomic E-state index is 0. The number of amides is 1. The molecule has 1 fully saturated rings. The number of nitrogens with one attached hydrogen (secondary N) is 3. The lowest BCUT2D eigenvalue weighted by molar-refractivity contribution is -0.117. The number of aromatic nitrogens is 2. The molecule has 1 amide bonds. The summed E-state index contributed by atoms with van der Waals surface area (Å²) in [6, 6.07) is 9.59. The molecule has 106 valence electrons. The molecule has 6 heteroatoms.